The lowest BCUT2D eigenvalue weighted by molar-refractivity contribution is -0.141. The molecule has 3 heterocycles. The number of carboxylic acid groups (broad SMARTS) is 1. The van der Waals surface area contributed by atoms with Crippen LogP contribution in [0, 0.1) is 29.2 Å². The molecule has 5 rings (SSSR count). The van der Waals surface area contributed by atoms with Crippen LogP contribution < -0.4 is 15.4 Å². The summed E-state index contributed by atoms with van der Waals surface area (Å²) < 4.78 is 66.7. The van der Waals surface area contributed by atoms with E-state index >= 15 is 0 Å². The summed E-state index contributed by atoms with van der Waals surface area (Å²) in [5.41, 5.74) is 1.57. The summed E-state index contributed by atoms with van der Waals surface area (Å²) >= 11 is 0. The minimum Gasteiger partial charge on any atom is -0.481 e. The van der Waals surface area contributed by atoms with E-state index in [2.05, 4.69) is 15.4 Å². The van der Waals surface area contributed by atoms with Crippen LogP contribution in [-0.4, -0.2) is 89.0 Å². The molecule has 0 bridgehead atoms. The zero-order valence-corrected chi connectivity index (χ0v) is 23.8. The van der Waals surface area contributed by atoms with Gasteiger partial charge < -0.3 is 34.7 Å². The minimum atomic E-state index is -1.90. The highest BCUT2D eigenvalue weighted by Gasteiger charge is 2.43. The molecule has 3 N–H and O–H groups in total. The van der Waals surface area contributed by atoms with Crippen molar-refractivity contribution in [3.05, 3.63) is 52.9 Å². The van der Waals surface area contributed by atoms with Crippen molar-refractivity contribution >= 4 is 29.5 Å². The van der Waals surface area contributed by atoms with Gasteiger partial charge in [0.15, 0.2) is 23.2 Å². The van der Waals surface area contributed by atoms with E-state index in [1.54, 1.807) is 15.7 Å². The van der Waals surface area contributed by atoms with Crippen LogP contribution in [0.15, 0.2) is 18.3 Å². The van der Waals surface area contributed by atoms with Crippen molar-refractivity contribution in [3.63, 3.8) is 0 Å². The second-order valence-electron chi connectivity index (χ2n) is 11.1. The van der Waals surface area contributed by atoms with Crippen molar-refractivity contribution in [1.29, 1.82) is 0 Å². The first-order valence-electron chi connectivity index (χ1n) is 14.3. The Morgan fingerprint density at radius 3 is 2.44 bits per heavy atom. The van der Waals surface area contributed by atoms with Gasteiger partial charge in [0, 0.05) is 50.1 Å². The number of carboxylic acids is 1. The van der Waals surface area contributed by atoms with Crippen molar-refractivity contribution in [1.82, 2.24) is 20.1 Å². The number of hydrogen-bond donors (Lipinski definition) is 3. The number of nitrogens with zero attached hydrogens (tertiary/aromatic N) is 2. The van der Waals surface area contributed by atoms with Gasteiger partial charge in [-0.3, -0.25) is 19.2 Å². The predicted molar refractivity (Wildman–Crippen MR) is 144 cm³/mol. The van der Waals surface area contributed by atoms with Crippen LogP contribution in [0.25, 0.3) is 0 Å². The highest BCUT2D eigenvalue weighted by Crippen LogP contribution is 2.38. The largest absolute Gasteiger partial charge is 0.481 e. The molecule has 1 aromatic heterocycles. The lowest BCUT2D eigenvalue weighted by atomic mass is 9.79. The van der Waals surface area contributed by atoms with Gasteiger partial charge in [-0.15, -0.1) is 0 Å². The lowest BCUT2D eigenvalue weighted by Gasteiger charge is -2.34. The van der Waals surface area contributed by atoms with Crippen LogP contribution in [-0.2, 0) is 36.9 Å². The number of ketones is 2. The number of hydrogen-bond acceptors (Lipinski definition) is 7. The molecule has 4 unspecified atom stereocenters. The molecular weight excluding hydrogens is 608 g/mol. The topological polar surface area (TPSA) is 156 Å². The number of halogens is 4. The highest BCUT2D eigenvalue weighted by atomic mass is 19.2. The number of rotatable bonds is 9. The number of benzene rings is 1. The highest BCUT2D eigenvalue weighted by molar-refractivity contribution is 5.96. The molecule has 3 amide bonds. The Bertz CT molecular complexity index is 1500. The first-order valence-corrected chi connectivity index (χ1v) is 14.3. The molecule has 1 aliphatic carbocycles. The number of ether oxygens (including phenoxy) is 2. The number of morpholine rings is 1. The van der Waals surface area contributed by atoms with E-state index in [1.165, 1.54) is 0 Å². The second kappa shape index (κ2) is 13.3. The van der Waals surface area contributed by atoms with E-state index in [0.717, 1.165) is 5.56 Å². The number of Topliss-reactive ketones (excluding diaryl/α,β-unsaturated/α-hetero) is 2. The Hall–Kier alpha value is -4.47. The van der Waals surface area contributed by atoms with E-state index in [-0.39, 0.29) is 30.8 Å². The third kappa shape index (κ3) is 6.79. The molecule has 0 spiro atoms. The summed E-state index contributed by atoms with van der Waals surface area (Å²) in [6, 6.07) is -0.843. The molecule has 16 heteroatoms. The molecule has 2 aliphatic heterocycles. The molecule has 12 nitrogen and oxygen atoms in total. The number of carbonyl (C=O) groups is 5. The number of carbonyl (C=O) groups excluding carboxylic acids is 4. The fraction of sp³-hybridized carbons (Fsp3) is 0.483. The molecule has 0 radical (unpaired) electrons. The van der Waals surface area contributed by atoms with Crippen molar-refractivity contribution in [2.24, 2.45) is 5.92 Å². The Morgan fingerprint density at radius 1 is 1.09 bits per heavy atom. The van der Waals surface area contributed by atoms with Gasteiger partial charge in [0.2, 0.25) is 17.5 Å². The van der Waals surface area contributed by atoms with E-state index in [1.807, 2.05) is 6.07 Å². The fourth-order valence-corrected chi connectivity index (χ4v) is 5.97. The van der Waals surface area contributed by atoms with Gasteiger partial charge in [-0.2, -0.15) is 8.78 Å². The third-order valence-electron chi connectivity index (χ3n) is 8.22. The molecule has 1 aromatic carbocycles. The standard InChI is InChI=1S/C29H30F4N4O8/c30-16-10-17(31)25(33)27(24(16)32)45-13-21(39)19(11-22(40)41)34-28(42)15-9-20(38)23-18(35-29(43)36-5-7-44-8-6-36)2-1-14-3-4-37(12-15)26(14)23/h3-4,10,15,18-19,23H,1-2,5-9,11-13H2,(H,34,42)(H,35,43)(H,40,41). The van der Waals surface area contributed by atoms with Crippen LogP contribution in [0.2, 0.25) is 0 Å². The van der Waals surface area contributed by atoms with Crippen molar-refractivity contribution in [2.45, 2.75) is 50.2 Å². The van der Waals surface area contributed by atoms with E-state index < -0.39 is 83.6 Å². The molecule has 242 valence electrons. The first-order chi connectivity index (χ1) is 21.4. The molecule has 3 aliphatic rings. The zero-order chi connectivity index (χ0) is 32.4. The summed E-state index contributed by atoms with van der Waals surface area (Å²) in [5.74, 6) is -14.5. The number of nitrogens with one attached hydrogen (secondary N) is 2. The van der Waals surface area contributed by atoms with Gasteiger partial charge in [-0.05, 0) is 24.5 Å². The van der Waals surface area contributed by atoms with Crippen molar-refractivity contribution < 1.29 is 56.1 Å². The van der Waals surface area contributed by atoms with Gasteiger partial charge in [-0.25, -0.2) is 13.6 Å². The number of aryl methyl sites for hydroxylation is 1. The monoisotopic (exact) mass is 638 g/mol. The maximum absolute atomic E-state index is 14.0. The smallest absolute Gasteiger partial charge is 0.317 e. The number of aromatic nitrogens is 1. The van der Waals surface area contributed by atoms with Crippen LogP contribution in [0.1, 0.15) is 36.4 Å². The van der Waals surface area contributed by atoms with Gasteiger partial charge in [0.05, 0.1) is 31.5 Å². The molecule has 45 heavy (non-hydrogen) atoms. The number of amides is 3. The first kappa shape index (κ1) is 31.9. The maximum Gasteiger partial charge on any atom is 0.317 e. The molecule has 1 fully saturated rings. The van der Waals surface area contributed by atoms with Gasteiger partial charge in [-0.1, -0.05) is 0 Å². The van der Waals surface area contributed by atoms with E-state index in [9.17, 15) is 46.6 Å². The Balaban J connectivity index is 1.29. The summed E-state index contributed by atoms with van der Waals surface area (Å²) in [7, 11) is 0. The normalized spacial score (nSPS) is 21.7. The summed E-state index contributed by atoms with van der Waals surface area (Å²) in [6.45, 7) is 0.404. The number of urea groups is 1. The second-order valence-corrected chi connectivity index (χ2v) is 11.1. The zero-order valence-electron chi connectivity index (χ0n) is 23.8. The van der Waals surface area contributed by atoms with E-state index in [0.29, 0.717) is 44.8 Å². The van der Waals surface area contributed by atoms with Crippen LogP contribution in [0.4, 0.5) is 22.4 Å². The summed E-state index contributed by atoms with van der Waals surface area (Å²) in [6.07, 6.45) is 1.56. The van der Waals surface area contributed by atoms with Gasteiger partial charge in [0.25, 0.3) is 0 Å². The lowest BCUT2D eigenvalue weighted by Crippen LogP contribution is -2.52. The van der Waals surface area contributed by atoms with Crippen LogP contribution in [0.3, 0.4) is 0 Å². The molecular formula is C29H30F4N4O8. The Labute approximate surface area is 253 Å². The molecule has 1 saturated heterocycles. The summed E-state index contributed by atoms with van der Waals surface area (Å²) in [4.78, 5) is 65.9. The molecule has 4 atom stereocenters. The third-order valence-corrected chi connectivity index (χ3v) is 8.22. The quantitative estimate of drug-likeness (QED) is 0.277. The van der Waals surface area contributed by atoms with Crippen molar-refractivity contribution in [2.75, 3.05) is 32.9 Å². The number of aliphatic carboxylic acids is 1. The Kier molecular flexibility index (Phi) is 9.41. The van der Waals surface area contributed by atoms with Crippen molar-refractivity contribution in [3.8, 4) is 5.75 Å². The maximum atomic E-state index is 14.0. The average Bonchev–Trinajstić information content (AvgIpc) is 3.34. The van der Waals surface area contributed by atoms with E-state index in [4.69, 9.17) is 4.74 Å². The summed E-state index contributed by atoms with van der Waals surface area (Å²) in [5, 5.41) is 14.6. The Morgan fingerprint density at radius 2 is 1.78 bits per heavy atom. The van der Waals surface area contributed by atoms with Gasteiger partial charge >= 0.3 is 12.0 Å². The fourth-order valence-electron chi connectivity index (χ4n) is 5.97. The van der Waals surface area contributed by atoms with Gasteiger partial charge in [0.1, 0.15) is 18.4 Å². The van der Waals surface area contributed by atoms with Crippen LogP contribution >= 0.6 is 0 Å². The SMILES string of the molecule is O=C(O)CC(NC(=O)C1CC(=O)C2c3c(ccn3C1)CCC2NC(=O)N1CCOCC1)C(=O)COc1c(F)c(F)cc(F)c1F. The minimum absolute atomic E-state index is 0.0109. The van der Waals surface area contributed by atoms with Crippen LogP contribution in [0.5, 0.6) is 5.75 Å². The average molecular weight is 639 g/mol. The predicted octanol–water partition coefficient (Wildman–Crippen LogP) is 1.68. The molecule has 0 saturated carbocycles. The molecule has 2 aromatic rings.